The van der Waals surface area contributed by atoms with E-state index in [1.54, 1.807) is 17.0 Å². The molecule has 1 aromatic carbocycles. The molecule has 0 aliphatic carbocycles. The number of carbonyl (C=O) groups excluding carboxylic acids is 1. The van der Waals surface area contributed by atoms with E-state index in [4.69, 9.17) is 4.74 Å². The lowest BCUT2D eigenvalue weighted by molar-refractivity contribution is -0.00966. The number of amides is 1. The third-order valence-corrected chi connectivity index (χ3v) is 3.39. The Labute approximate surface area is 108 Å². The molecular formula is C12H13BrFNO2. The van der Waals surface area contributed by atoms with Gasteiger partial charge in [0.2, 0.25) is 0 Å². The summed E-state index contributed by atoms with van der Waals surface area (Å²) in [4.78, 5) is 13.8. The number of nitrogens with zero attached hydrogens (tertiary/aromatic N) is 1. The Morgan fingerprint density at radius 2 is 2.41 bits per heavy atom. The molecule has 92 valence electrons. The van der Waals surface area contributed by atoms with Crippen molar-refractivity contribution in [3.63, 3.8) is 0 Å². The van der Waals surface area contributed by atoms with Gasteiger partial charge in [0.25, 0.3) is 5.91 Å². The summed E-state index contributed by atoms with van der Waals surface area (Å²) >= 11 is 3.33. The molecule has 1 heterocycles. The quantitative estimate of drug-likeness (QED) is 0.783. The summed E-state index contributed by atoms with van der Waals surface area (Å²) in [6.45, 7) is 1.62. The van der Waals surface area contributed by atoms with Gasteiger partial charge >= 0.3 is 0 Å². The van der Waals surface area contributed by atoms with Crippen molar-refractivity contribution >= 4 is 21.8 Å². The number of carbonyl (C=O) groups is 1. The molecular weight excluding hydrogens is 289 g/mol. The number of benzene rings is 1. The lowest BCUT2D eigenvalue weighted by Crippen LogP contribution is -2.46. The maximum absolute atomic E-state index is 13.0. The Morgan fingerprint density at radius 3 is 3.12 bits per heavy atom. The van der Waals surface area contributed by atoms with Gasteiger partial charge in [-0.2, -0.15) is 0 Å². The number of hydrogen-bond acceptors (Lipinski definition) is 2. The molecule has 1 aliphatic heterocycles. The third-order valence-electron chi connectivity index (χ3n) is 2.67. The number of halogens is 2. The molecule has 3 nitrogen and oxygen atoms in total. The Hall–Kier alpha value is -0.940. The molecule has 0 bridgehead atoms. The van der Waals surface area contributed by atoms with Crippen LogP contribution in [0.5, 0.6) is 0 Å². The van der Waals surface area contributed by atoms with Gasteiger partial charge in [0.15, 0.2) is 0 Å². The van der Waals surface area contributed by atoms with Crippen LogP contribution in [0.15, 0.2) is 24.3 Å². The molecule has 1 aliphatic rings. The summed E-state index contributed by atoms with van der Waals surface area (Å²) in [7, 11) is 0. The van der Waals surface area contributed by atoms with Crippen molar-refractivity contribution in [2.45, 2.75) is 6.10 Å². The van der Waals surface area contributed by atoms with E-state index in [2.05, 4.69) is 15.9 Å². The Bertz CT molecular complexity index is 413. The highest BCUT2D eigenvalue weighted by molar-refractivity contribution is 9.09. The maximum Gasteiger partial charge on any atom is 0.254 e. The summed E-state index contributed by atoms with van der Waals surface area (Å²) in [5.74, 6) is -0.528. The van der Waals surface area contributed by atoms with Crippen LogP contribution < -0.4 is 0 Å². The summed E-state index contributed by atoms with van der Waals surface area (Å²) in [6, 6.07) is 5.77. The van der Waals surface area contributed by atoms with Crippen molar-refractivity contribution in [1.29, 1.82) is 0 Å². The number of ether oxygens (including phenoxy) is 1. The van der Waals surface area contributed by atoms with E-state index in [1.165, 1.54) is 12.1 Å². The summed E-state index contributed by atoms with van der Waals surface area (Å²) < 4.78 is 18.5. The predicted octanol–water partition coefficient (Wildman–Crippen LogP) is 2.06. The van der Waals surface area contributed by atoms with Crippen molar-refractivity contribution in [1.82, 2.24) is 4.90 Å². The first-order chi connectivity index (χ1) is 8.20. The van der Waals surface area contributed by atoms with Crippen LogP contribution >= 0.6 is 15.9 Å². The summed E-state index contributed by atoms with van der Waals surface area (Å²) in [6.07, 6.45) is 0.0151. The van der Waals surface area contributed by atoms with Crippen LogP contribution in [-0.2, 0) is 4.74 Å². The number of alkyl halides is 1. The van der Waals surface area contributed by atoms with Crippen LogP contribution in [0.2, 0.25) is 0 Å². The van der Waals surface area contributed by atoms with E-state index in [1.807, 2.05) is 0 Å². The Morgan fingerprint density at radius 1 is 1.59 bits per heavy atom. The van der Waals surface area contributed by atoms with Crippen LogP contribution in [-0.4, -0.2) is 41.9 Å². The number of morpholine rings is 1. The van der Waals surface area contributed by atoms with E-state index >= 15 is 0 Å². The molecule has 1 fully saturated rings. The minimum Gasteiger partial charge on any atom is -0.374 e. The van der Waals surface area contributed by atoms with Crippen molar-refractivity contribution in [3.8, 4) is 0 Å². The van der Waals surface area contributed by atoms with E-state index in [0.717, 1.165) is 0 Å². The number of rotatable bonds is 2. The fraction of sp³-hybridized carbons (Fsp3) is 0.417. The second-order valence-corrected chi connectivity index (χ2v) is 4.56. The van der Waals surface area contributed by atoms with Crippen LogP contribution in [0.25, 0.3) is 0 Å². The van der Waals surface area contributed by atoms with E-state index < -0.39 is 0 Å². The van der Waals surface area contributed by atoms with Crippen molar-refractivity contribution in [2.75, 3.05) is 25.0 Å². The van der Waals surface area contributed by atoms with Crippen LogP contribution in [0.3, 0.4) is 0 Å². The maximum atomic E-state index is 13.0. The minimum atomic E-state index is -0.388. The van der Waals surface area contributed by atoms with Gasteiger partial charge in [0, 0.05) is 24.0 Å². The largest absolute Gasteiger partial charge is 0.374 e. The van der Waals surface area contributed by atoms with Crippen molar-refractivity contribution in [3.05, 3.63) is 35.6 Å². The van der Waals surface area contributed by atoms with E-state index in [0.29, 0.717) is 30.6 Å². The van der Waals surface area contributed by atoms with Gasteiger partial charge in [0.05, 0.1) is 12.7 Å². The molecule has 2 rings (SSSR count). The molecule has 1 aromatic rings. The van der Waals surface area contributed by atoms with Gasteiger partial charge in [0.1, 0.15) is 5.82 Å². The Balaban J connectivity index is 2.09. The lowest BCUT2D eigenvalue weighted by Gasteiger charge is -2.32. The Kier molecular flexibility index (Phi) is 4.12. The highest BCUT2D eigenvalue weighted by atomic mass is 79.9. The number of hydrogen-bond donors (Lipinski definition) is 0. The monoisotopic (exact) mass is 301 g/mol. The zero-order valence-corrected chi connectivity index (χ0v) is 10.8. The second-order valence-electron chi connectivity index (χ2n) is 3.91. The fourth-order valence-electron chi connectivity index (χ4n) is 1.80. The average Bonchev–Trinajstić information content (AvgIpc) is 2.38. The summed E-state index contributed by atoms with van der Waals surface area (Å²) in [5, 5.41) is 0.694. The zero-order valence-electron chi connectivity index (χ0n) is 9.23. The average molecular weight is 302 g/mol. The molecule has 1 atom stereocenters. The molecule has 1 saturated heterocycles. The smallest absolute Gasteiger partial charge is 0.254 e. The highest BCUT2D eigenvalue weighted by Crippen LogP contribution is 2.12. The highest BCUT2D eigenvalue weighted by Gasteiger charge is 2.24. The predicted molar refractivity (Wildman–Crippen MR) is 65.8 cm³/mol. The SMILES string of the molecule is O=C(c1cccc(F)c1)N1CCOC(CBr)C1. The van der Waals surface area contributed by atoms with E-state index in [-0.39, 0.29) is 17.8 Å². The zero-order chi connectivity index (χ0) is 12.3. The van der Waals surface area contributed by atoms with Gasteiger partial charge in [-0.15, -0.1) is 0 Å². The lowest BCUT2D eigenvalue weighted by atomic mass is 10.1. The third kappa shape index (κ3) is 3.04. The van der Waals surface area contributed by atoms with E-state index in [9.17, 15) is 9.18 Å². The molecule has 0 saturated carbocycles. The second kappa shape index (κ2) is 5.60. The van der Waals surface area contributed by atoms with Gasteiger partial charge in [-0.1, -0.05) is 22.0 Å². The van der Waals surface area contributed by atoms with Crippen LogP contribution in [0.1, 0.15) is 10.4 Å². The standard InChI is InChI=1S/C12H13BrFNO2/c13-7-11-8-15(4-5-17-11)12(16)9-2-1-3-10(14)6-9/h1-3,6,11H,4-5,7-8H2. The molecule has 0 aromatic heterocycles. The first kappa shape index (κ1) is 12.5. The van der Waals surface area contributed by atoms with Crippen LogP contribution in [0.4, 0.5) is 4.39 Å². The molecule has 17 heavy (non-hydrogen) atoms. The van der Waals surface area contributed by atoms with Crippen LogP contribution in [0, 0.1) is 5.82 Å². The van der Waals surface area contributed by atoms with Gasteiger partial charge in [-0.05, 0) is 18.2 Å². The molecule has 0 spiro atoms. The molecule has 5 heteroatoms. The molecule has 1 unspecified atom stereocenters. The topological polar surface area (TPSA) is 29.5 Å². The molecule has 0 radical (unpaired) electrons. The van der Waals surface area contributed by atoms with Crippen molar-refractivity contribution < 1.29 is 13.9 Å². The minimum absolute atomic E-state index is 0.0151. The fourth-order valence-corrected chi connectivity index (χ4v) is 2.19. The molecule has 1 amide bonds. The first-order valence-corrected chi connectivity index (χ1v) is 6.55. The summed E-state index contributed by atoms with van der Waals surface area (Å²) in [5.41, 5.74) is 0.389. The van der Waals surface area contributed by atoms with Crippen molar-refractivity contribution in [2.24, 2.45) is 0 Å². The molecule has 0 N–H and O–H groups in total. The van der Waals surface area contributed by atoms with Gasteiger partial charge in [-0.3, -0.25) is 4.79 Å². The van der Waals surface area contributed by atoms with Gasteiger partial charge < -0.3 is 9.64 Å². The normalized spacial score (nSPS) is 20.4. The first-order valence-electron chi connectivity index (χ1n) is 5.43. The van der Waals surface area contributed by atoms with Gasteiger partial charge in [-0.25, -0.2) is 4.39 Å².